The van der Waals surface area contributed by atoms with Gasteiger partial charge in [0.1, 0.15) is 0 Å². The van der Waals surface area contributed by atoms with Gasteiger partial charge in [-0.3, -0.25) is 0 Å². The minimum absolute atomic E-state index is 0.576. The molecular weight excluding hydrogens is 328 g/mol. The van der Waals surface area contributed by atoms with Gasteiger partial charge in [-0.15, -0.1) is 0 Å². The van der Waals surface area contributed by atoms with Crippen LogP contribution in [0.5, 0.6) is 0 Å². The van der Waals surface area contributed by atoms with E-state index >= 15 is 0 Å². The van der Waals surface area contributed by atoms with Crippen LogP contribution in [-0.2, 0) is 19.6 Å². The smallest absolute Gasteiger partial charge is 0.382 e. The zero-order valence-corrected chi connectivity index (χ0v) is 16.1. The zero-order valence-electron chi connectivity index (χ0n) is 16.1. The number of rotatable bonds is 12. The Bertz CT molecular complexity index is 685. The van der Waals surface area contributed by atoms with E-state index in [9.17, 15) is 0 Å². The molecule has 0 unspecified atom stereocenters. The summed E-state index contributed by atoms with van der Waals surface area (Å²) in [5, 5.41) is 13.2. The van der Waals surface area contributed by atoms with Crippen molar-refractivity contribution in [3.63, 3.8) is 0 Å². The molecule has 0 aliphatic heterocycles. The highest BCUT2D eigenvalue weighted by Crippen LogP contribution is 2.24. The predicted molar refractivity (Wildman–Crippen MR) is 104 cm³/mol. The Morgan fingerprint density at radius 3 is 2.65 bits per heavy atom. The van der Waals surface area contributed by atoms with Gasteiger partial charge in [-0.05, 0) is 25.8 Å². The number of aromatic nitrogens is 4. The minimum Gasteiger partial charge on any atom is -0.382 e. The molecule has 0 fully saturated rings. The van der Waals surface area contributed by atoms with E-state index in [1.165, 1.54) is 19.3 Å². The maximum Gasteiger partial charge on any atom is 0.421 e. The van der Waals surface area contributed by atoms with E-state index in [1.807, 2.05) is 17.1 Å². The highest BCUT2D eigenvalue weighted by Gasteiger charge is 2.17. The molecule has 0 spiro atoms. The maximum absolute atomic E-state index is 6.19. The Hall–Kier alpha value is -2.22. The average Bonchev–Trinajstić information content (AvgIpc) is 3.19. The number of hydrogen-bond acceptors (Lipinski definition) is 5. The summed E-state index contributed by atoms with van der Waals surface area (Å²) >= 11 is 0. The lowest BCUT2D eigenvalue weighted by Crippen LogP contribution is -2.31. The molecule has 0 saturated carbocycles. The van der Waals surface area contributed by atoms with E-state index in [0.717, 1.165) is 44.8 Å². The van der Waals surface area contributed by atoms with Gasteiger partial charge in [0.05, 0.1) is 31.7 Å². The largest absolute Gasteiger partial charge is 0.421 e. The first-order chi connectivity index (χ1) is 12.7. The molecular formula is C18H33N8+. The summed E-state index contributed by atoms with van der Waals surface area (Å²) in [6.45, 7) is 7.55. The fourth-order valence-electron chi connectivity index (χ4n) is 2.85. The molecule has 2 heterocycles. The van der Waals surface area contributed by atoms with E-state index in [0.29, 0.717) is 18.1 Å². The molecule has 0 aromatic carbocycles. The van der Waals surface area contributed by atoms with Gasteiger partial charge >= 0.3 is 5.95 Å². The SMILES string of the molecule is CCCCCCn1ncc(N=Nc2n(CCCN)cc[n+]2CCC)c1N. The summed E-state index contributed by atoms with van der Waals surface area (Å²) in [5.74, 6) is 1.39. The summed E-state index contributed by atoms with van der Waals surface area (Å²) in [6, 6.07) is 0. The molecule has 0 bridgehead atoms. The van der Waals surface area contributed by atoms with Crippen molar-refractivity contribution in [2.24, 2.45) is 16.0 Å². The number of nitrogens with two attached hydrogens (primary N) is 2. The topological polar surface area (TPSA) is 103 Å². The molecule has 2 aromatic rings. The summed E-state index contributed by atoms with van der Waals surface area (Å²) in [6.07, 6.45) is 12.4. The molecule has 26 heavy (non-hydrogen) atoms. The number of hydrogen-bond donors (Lipinski definition) is 2. The van der Waals surface area contributed by atoms with Gasteiger partial charge in [0.15, 0.2) is 11.5 Å². The molecule has 0 aliphatic rings. The number of azo groups is 1. The molecule has 8 nitrogen and oxygen atoms in total. The van der Waals surface area contributed by atoms with Crippen LogP contribution >= 0.6 is 0 Å². The van der Waals surface area contributed by atoms with E-state index in [2.05, 4.69) is 38.3 Å². The summed E-state index contributed by atoms with van der Waals surface area (Å²) < 4.78 is 6.00. The third-order valence-electron chi connectivity index (χ3n) is 4.34. The quantitative estimate of drug-likeness (QED) is 0.344. The molecule has 8 heteroatoms. The fraction of sp³-hybridized carbons (Fsp3) is 0.667. The fourth-order valence-corrected chi connectivity index (χ4v) is 2.85. The predicted octanol–water partition coefficient (Wildman–Crippen LogP) is 3.31. The van der Waals surface area contributed by atoms with Crippen LogP contribution in [0.1, 0.15) is 52.4 Å². The Morgan fingerprint density at radius 2 is 1.92 bits per heavy atom. The highest BCUT2D eigenvalue weighted by atomic mass is 15.3. The Kier molecular flexibility index (Phi) is 8.27. The first kappa shape index (κ1) is 20.1. The van der Waals surface area contributed by atoms with Gasteiger partial charge in [-0.1, -0.05) is 38.2 Å². The third kappa shape index (κ3) is 5.39. The van der Waals surface area contributed by atoms with E-state index < -0.39 is 0 Å². The molecule has 0 radical (unpaired) electrons. The van der Waals surface area contributed by atoms with Crippen LogP contribution < -0.4 is 16.0 Å². The Balaban J connectivity index is 2.11. The number of unbranched alkanes of at least 4 members (excludes halogenated alkanes) is 3. The molecule has 2 aromatic heterocycles. The van der Waals surface area contributed by atoms with Gasteiger partial charge in [0.2, 0.25) is 0 Å². The Morgan fingerprint density at radius 1 is 1.08 bits per heavy atom. The van der Waals surface area contributed by atoms with Crippen molar-refractivity contribution in [1.82, 2.24) is 14.3 Å². The van der Waals surface area contributed by atoms with Crippen LogP contribution in [0.2, 0.25) is 0 Å². The lowest BCUT2D eigenvalue weighted by atomic mass is 10.2. The molecule has 0 aliphatic carbocycles. The molecule has 144 valence electrons. The van der Waals surface area contributed by atoms with E-state index in [1.54, 1.807) is 6.20 Å². The van der Waals surface area contributed by atoms with Crippen molar-refractivity contribution in [2.45, 2.75) is 72.0 Å². The van der Waals surface area contributed by atoms with Crippen molar-refractivity contribution >= 4 is 17.5 Å². The molecule has 0 amide bonds. The summed E-state index contributed by atoms with van der Waals surface area (Å²) in [4.78, 5) is 0. The van der Waals surface area contributed by atoms with Gasteiger partial charge in [-0.25, -0.2) is 13.8 Å². The summed E-state index contributed by atoms with van der Waals surface area (Å²) in [5.41, 5.74) is 12.4. The second-order valence-corrected chi connectivity index (χ2v) is 6.53. The Labute approximate surface area is 155 Å². The van der Waals surface area contributed by atoms with Crippen LogP contribution in [0.25, 0.3) is 0 Å². The highest BCUT2D eigenvalue weighted by molar-refractivity contribution is 5.56. The van der Waals surface area contributed by atoms with Crippen molar-refractivity contribution < 1.29 is 4.57 Å². The first-order valence-electron chi connectivity index (χ1n) is 9.72. The van der Waals surface area contributed by atoms with Crippen LogP contribution in [0.4, 0.5) is 17.5 Å². The lowest BCUT2D eigenvalue weighted by molar-refractivity contribution is -0.683. The van der Waals surface area contributed by atoms with Crippen molar-refractivity contribution in [1.29, 1.82) is 0 Å². The lowest BCUT2D eigenvalue weighted by Gasteiger charge is -2.03. The number of imidazole rings is 1. The number of nitrogen functional groups attached to an aromatic ring is 1. The van der Waals surface area contributed by atoms with Crippen molar-refractivity contribution in [3.05, 3.63) is 18.6 Å². The second-order valence-electron chi connectivity index (χ2n) is 6.53. The second kappa shape index (κ2) is 10.7. The number of anilines is 1. The summed E-state index contributed by atoms with van der Waals surface area (Å²) in [7, 11) is 0. The van der Waals surface area contributed by atoms with E-state index in [-0.39, 0.29) is 0 Å². The molecule has 0 atom stereocenters. The van der Waals surface area contributed by atoms with E-state index in [4.69, 9.17) is 11.5 Å². The van der Waals surface area contributed by atoms with Crippen LogP contribution in [0.15, 0.2) is 28.8 Å². The van der Waals surface area contributed by atoms with Crippen LogP contribution in [-0.4, -0.2) is 20.9 Å². The van der Waals surface area contributed by atoms with Crippen molar-refractivity contribution in [2.75, 3.05) is 12.3 Å². The van der Waals surface area contributed by atoms with Crippen molar-refractivity contribution in [3.8, 4) is 0 Å². The van der Waals surface area contributed by atoms with Gasteiger partial charge in [0.25, 0.3) is 0 Å². The molecule has 0 saturated heterocycles. The normalized spacial score (nSPS) is 11.7. The van der Waals surface area contributed by atoms with Gasteiger partial charge in [0, 0.05) is 11.7 Å². The maximum atomic E-state index is 6.19. The molecule has 2 rings (SSSR count). The zero-order chi connectivity index (χ0) is 18.8. The molecule has 4 N–H and O–H groups in total. The van der Waals surface area contributed by atoms with Crippen LogP contribution in [0.3, 0.4) is 0 Å². The first-order valence-corrected chi connectivity index (χ1v) is 9.72. The van der Waals surface area contributed by atoms with Gasteiger partial charge in [-0.2, -0.15) is 5.10 Å². The average molecular weight is 362 g/mol. The monoisotopic (exact) mass is 361 g/mol. The third-order valence-corrected chi connectivity index (χ3v) is 4.34. The number of aryl methyl sites for hydroxylation is 3. The minimum atomic E-state index is 0.576. The standard InChI is InChI=1S/C18H32N8/c1-3-5-6-7-12-26-17(20)16(15-21-26)22-23-18-24(10-4-2)13-14-25(18)11-8-9-19/h13-15,20H,3-12,19H2,1-2H3/p+1. The number of nitrogens with zero attached hydrogens (tertiary/aromatic N) is 6. The van der Waals surface area contributed by atoms with Gasteiger partial charge < -0.3 is 11.5 Å². The van der Waals surface area contributed by atoms with Crippen LogP contribution in [0, 0.1) is 0 Å².